The number of ether oxygens (including phenoxy) is 1. The van der Waals surface area contributed by atoms with Crippen LogP contribution in [0.5, 0.6) is 0 Å². The standard InChI is InChI=1S/C25H20N2O7S/c1-15-22(29)19-11-6-12-20(24(19)34-23(15)16-7-3-2-4-8-16)25(30)33-14-21(28)27-17-9-5-10-18(13-17)35(26,31)32/h2-13H,14H2,1H3,(H,27,28)(H2,26,31,32). The van der Waals surface area contributed by atoms with Gasteiger partial charge in [0.25, 0.3) is 5.91 Å². The number of hydrogen-bond donors (Lipinski definition) is 2. The zero-order valence-corrected chi connectivity index (χ0v) is 19.3. The number of anilines is 1. The van der Waals surface area contributed by atoms with Crippen molar-refractivity contribution >= 4 is 38.6 Å². The molecule has 0 unspecified atom stereocenters. The highest BCUT2D eigenvalue weighted by atomic mass is 32.2. The smallest absolute Gasteiger partial charge is 0.342 e. The number of carbonyl (C=O) groups is 2. The van der Waals surface area contributed by atoms with Crippen LogP contribution in [-0.4, -0.2) is 26.9 Å². The van der Waals surface area contributed by atoms with E-state index in [4.69, 9.17) is 14.3 Å². The van der Waals surface area contributed by atoms with Crippen molar-refractivity contribution in [2.75, 3.05) is 11.9 Å². The van der Waals surface area contributed by atoms with E-state index in [0.717, 1.165) is 0 Å². The third-order valence-corrected chi connectivity index (χ3v) is 6.09. The largest absolute Gasteiger partial charge is 0.455 e. The summed E-state index contributed by atoms with van der Waals surface area (Å²) in [4.78, 5) is 37.8. The predicted octanol–water partition coefficient (Wildman–Crippen LogP) is 3.21. The number of esters is 1. The van der Waals surface area contributed by atoms with Gasteiger partial charge in [-0.25, -0.2) is 18.4 Å². The van der Waals surface area contributed by atoms with Gasteiger partial charge in [-0.1, -0.05) is 42.5 Å². The van der Waals surface area contributed by atoms with E-state index in [1.165, 1.54) is 36.4 Å². The lowest BCUT2D eigenvalue weighted by Gasteiger charge is -2.11. The summed E-state index contributed by atoms with van der Waals surface area (Å²) in [6, 6.07) is 18.8. The maximum Gasteiger partial charge on any atom is 0.342 e. The van der Waals surface area contributed by atoms with Gasteiger partial charge in [-0.2, -0.15) is 0 Å². The Bertz CT molecular complexity index is 1610. The SMILES string of the molecule is Cc1c(-c2ccccc2)oc2c(C(=O)OCC(=O)Nc3cccc(S(N)(=O)=O)c3)cccc2c1=O. The van der Waals surface area contributed by atoms with Crippen molar-refractivity contribution in [1.29, 1.82) is 0 Å². The summed E-state index contributed by atoms with van der Waals surface area (Å²) >= 11 is 0. The van der Waals surface area contributed by atoms with Gasteiger partial charge in [0.15, 0.2) is 17.6 Å². The third kappa shape index (κ3) is 5.13. The van der Waals surface area contributed by atoms with Crippen molar-refractivity contribution in [2.45, 2.75) is 11.8 Å². The monoisotopic (exact) mass is 492 g/mol. The van der Waals surface area contributed by atoms with E-state index in [1.807, 2.05) is 6.07 Å². The Hall–Kier alpha value is -4.28. The Kier molecular flexibility index (Phi) is 6.50. The molecule has 178 valence electrons. The second kappa shape index (κ2) is 9.53. The maximum atomic E-state index is 12.9. The average molecular weight is 493 g/mol. The highest BCUT2D eigenvalue weighted by molar-refractivity contribution is 7.89. The number of benzene rings is 3. The molecule has 9 nitrogen and oxygen atoms in total. The Morgan fingerprint density at radius 2 is 1.71 bits per heavy atom. The van der Waals surface area contributed by atoms with Gasteiger partial charge < -0.3 is 14.5 Å². The molecule has 1 aromatic heterocycles. The van der Waals surface area contributed by atoms with Gasteiger partial charge in [-0.3, -0.25) is 9.59 Å². The molecule has 0 aliphatic heterocycles. The first-order chi connectivity index (χ1) is 16.6. The van der Waals surface area contributed by atoms with E-state index < -0.39 is 28.5 Å². The van der Waals surface area contributed by atoms with E-state index in [0.29, 0.717) is 16.9 Å². The average Bonchev–Trinajstić information content (AvgIpc) is 2.84. The Morgan fingerprint density at radius 3 is 2.43 bits per heavy atom. The zero-order valence-electron chi connectivity index (χ0n) is 18.5. The molecule has 0 bridgehead atoms. The molecule has 0 fully saturated rings. The van der Waals surface area contributed by atoms with Gasteiger partial charge in [0.2, 0.25) is 10.0 Å². The minimum absolute atomic E-state index is 0.0131. The van der Waals surface area contributed by atoms with Crippen LogP contribution in [0.2, 0.25) is 0 Å². The molecular weight excluding hydrogens is 472 g/mol. The van der Waals surface area contributed by atoms with Gasteiger partial charge in [-0.15, -0.1) is 0 Å². The summed E-state index contributed by atoms with van der Waals surface area (Å²) in [6.07, 6.45) is 0. The lowest BCUT2D eigenvalue weighted by molar-refractivity contribution is -0.119. The number of amides is 1. The molecule has 4 aromatic rings. The number of rotatable bonds is 6. The third-order valence-electron chi connectivity index (χ3n) is 5.18. The van der Waals surface area contributed by atoms with Crippen LogP contribution in [0, 0.1) is 6.92 Å². The number of para-hydroxylation sites is 1. The van der Waals surface area contributed by atoms with Crippen LogP contribution in [0.15, 0.2) is 86.9 Å². The van der Waals surface area contributed by atoms with E-state index in [2.05, 4.69) is 5.32 Å². The highest BCUT2D eigenvalue weighted by Crippen LogP contribution is 2.27. The Balaban J connectivity index is 1.57. The first-order valence-corrected chi connectivity index (χ1v) is 11.9. The number of fused-ring (bicyclic) bond motifs is 1. The molecule has 0 aliphatic carbocycles. The predicted molar refractivity (Wildman–Crippen MR) is 129 cm³/mol. The van der Waals surface area contributed by atoms with Gasteiger partial charge >= 0.3 is 5.97 Å². The van der Waals surface area contributed by atoms with Crippen molar-refractivity contribution in [3.05, 3.63) is 94.1 Å². The number of nitrogens with one attached hydrogen (secondary N) is 1. The molecular formula is C25H20N2O7S. The second-order valence-corrected chi connectivity index (χ2v) is 9.19. The number of nitrogens with two attached hydrogens (primary N) is 1. The fourth-order valence-corrected chi connectivity index (χ4v) is 4.05. The maximum absolute atomic E-state index is 12.9. The fourth-order valence-electron chi connectivity index (χ4n) is 3.49. The lowest BCUT2D eigenvalue weighted by Crippen LogP contribution is -2.21. The normalized spacial score (nSPS) is 11.3. The van der Waals surface area contributed by atoms with Crippen molar-refractivity contribution in [1.82, 2.24) is 0 Å². The molecule has 1 amide bonds. The van der Waals surface area contributed by atoms with Crippen LogP contribution < -0.4 is 15.9 Å². The van der Waals surface area contributed by atoms with Gasteiger partial charge in [0, 0.05) is 16.8 Å². The topological polar surface area (TPSA) is 146 Å². The molecule has 0 radical (unpaired) electrons. The summed E-state index contributed by atoms with van der Waals surface area (Å²) in [5.74, 6) is -1.24. The van der Waals surface area contributed by atoms with Crippen LogP contribution in [-0.2, 0) is 19.6 Å². The molecule has 1 heterocycles. The summed E-state index contributed by atoms with van der Waals surface area (Å²) in [6.45, 7) is 0.990. The molecule has 0 saturated heterocycles. The van der Waals surface area contributed by atoms with Gasteiger partial charge in [0.1, 0.15) is 11.3 Å². The summed E-state index contributed by atoms with van der Waals surface area (Å²) < 4.78 is 34.1. The number of primary sulfonamides is 1. The number of sulfonamides is 1. The van der Waals surface area contributed by atoms with Crippen LogP contribution in [0.1, 0.15) is 15.9 Å². The molecule has 4 rings (SSSR count). The van der Waals surface area contributed by atoms with Crippen molar-refractivity contribution in [3.8, 4) is 11.3 Å². The number of hydrogen-bond acceptors (Lipinski definition) is 7. The first-order valence-electron chi connectivity index (χ1n) is 10.4. The Labute approximate surface area is 200 Å². The minimum Gasteiger partial charge on any atom is -0.455 e. The zero-order chi connectivity index (χ0) is 25.2. The van der Waals surface area contributed by atoms with Crippen LogP contribution in [0.3, 0.4) is 0 Å². The number of carbonyl (C=O) groups excluding carboxylic acids is 2. The van der Waals surface area contributed by atoms with Crippen molar-refractivity contribution in [2.24, 2.45) is 5.14 Å². The first kappa shape index (κ1) is 23.9. The summed E-state index contributed by atoms with van der Waals surface area (Å²) in [5, 5.41) is 7.74. The summed E-state index contributed by atoms with van der Waals surface area (Å²) in [7, 11) is -3.95. The molecule has 10 heteroatoms. The van der Waals surface area contributed by atoms with Crippen molar-refractivity contribution < 1.29 is 27.2 Å². The second-order valence-electron chi connectivity index (χ2n) is 7.63. The molecule has 0 spiro atoms. The van der Waals surface area contributed by atoms with Crippen molar-refractivity contribution in [3.63, 3.8) is 0 Å². The van der Waals surface area contributed by atoms with Gasteiger partial charge in [-0.05, 0) is 37.3 Å². The van der Waals surface area contributed by atoms with E-state index in [9.17, 15) is 22.8 Å². The molecule has 3 N–H and O–H groups in total. The van der Waals surface area contributed by atoms with Crippen LogP contribution >= 0.6 is 0 Å². The minimum atomic E-state index is -3.95. The lowest BCUT2D eigenvalue weighted by atomic mass is 10.0. The summed E-state index contributed by atoms with van der Waals surface area (Å²) in [5.41, 5.74) is 0.988. The molecule has 0 atom stereocenters. The quantitative estimate of drug-likeness (QED) is 0.393. The molecule has 35 heavy (non-hydrogen) atoms. The molecule has 0 saturated carbocycles. The highest BCUT2D eigenvalue weighted by Gasteiger charge is 2.20. The van der Waals surface area contributed by atoms with Crippen LogP contribution in [0.25, 0.3) is 22.3 Å². The van der Waals surface area contributed by atoms with E-state index >= 15 is 0 Å². The van der Waals surface area contributed by atoms with Gasteiger partial charge in [0.05, 0.1) is 10.3 Å². The Morgan fingerprint density at radius 1 is 1.00 bits per heavy atom. The molecule has 0 aliphatic rings. The fraction of sp³-hybridized carbons (Fsp3) is 0.0800. The van der Waals surface area contributed by atoms with E-state index in [-0.39, 0.29) is 32.5 Å². The van der Waals surface area contributed by atoms with E-state index in [1.54, 1.807) is 37.3 Å². The van der Waals surface area contributed by atoms with Crippen LogP contribution in [0.4, 0.5) is 5.69 Å². The molecule has 3 aromatic carbocycles.